The Morgan fingerprint density at radius 3 is 2.29 bits per heavy atom. The van der Waals surface area contributed by atoms with Gasteiger partial charge < -0.3 is 9.53 Å². The van der Waals surface area contributed by atoms with Gasteiger partial charge in [-0.25, -0.2) is 4.79 Å². The van der Waals surface area contributed by atoms with E-state index in [1.165, 1.54) is 19.1 Å². The number of esters is 1. The predicted molar refractivity (Wildman–Crippen MR) is 57.1 cm³/mol. The molecule has 0 radical (unpaired) electrons. The van der Waals surface area contributed by atoms with Crippen LogP contribution < -0.4 is 4.74 Å². The molecule has 0 heterocycles. The molecule has 0 atom stereocenters. The van der Waals surface area contributed by atoms with Crippen molar-refractivity contribution < 1.29 is 23.1 Å². The molecule has 0 fully saturated rings. The number of benzene rings is 1. The largest absolute Gasteiger partial charge is 0.422 e. The molecule has 1 aromatic rings. The van der Waals surface area contributed by atoms with Gasteiger partial charge in [-0.2, -0.15) is 8.78 Å². The zero-order valence-corrected chi connectivity index (χ0v) is 9.28. The second-order valence-electron chi connectivity index (χ2n) is 3.57. The van der Waals surface area contributed by atoms with Crippen LogP contribution in [0.25, 0.3) is 0 Å². The number of rotatable bonds is 5. The van der Waals surface area contributed by atoms with Crippen LogP contribution in [-0.4, -0.2) is 18.2 Å². The lowest BCUT2D eigenvalue weighted by Gasteiger charge is -2.04. The third kappa shape index (κ3) is 4.72. The highest BCUT2D eigenvalue weighted by Gasteiger charge is 2.17. The predicted octanol–water partition coefficient (Wildman–Crippen LogP) is 2.38. The van der Waals surface area contributed by atoms with E-state index in [4.69, 9.17) is 0 Å². The van der Waals surface area contributed by atoms with Gasteiger partial charge >= 0.3 is 12.4 Å². The third-order valence-corrected chi connectivity index (χ3v) is 2.09. The Balaban J connectivity index is 2.56. The Bertz CT molecular complexity index is 399. The van der Waals surface area contributed by atoms with Gasteiger partial charge in [-0.15, -0.1) is 0 Å². The molecule has 0 amide bonds. The van der Waals surface area contributed by atoms with Crippen molar-refractivity contribution in [3.05, 3.63) is 29.8 Å². The second kappa shape index (κ2) is 6.08. The smallest absolute Gasteiger partial charge is 0.379 e. The molecule has 1 aromatic carbocycles. The summed E-state index contributed by atoms with van der Waals surface area (Å²) >= 11 is 0. The molecule has 3 nitrogen and oxygen atoms in total. The highest BCUT2D eigenvalue weighted by Crippen LogP contribution is 2.14. The number of hydrogen-bond donors (Lipinski definition) is 0. The Morgan fingerprint density at radius 1 is 1.24 bits per heavy atom. The first-order valence-electron chi connectivity index (χ1n) is 5.07. The lowest BCUT2D eigenvalue weighted by molar-refractivity contribution is -0.146. The summed E-state index contributed by atoms with van der Waals surface area (Å²) in [6, 6.07) is 6.12. The number of carbonyl (C=O) groups is 2. The van der Waals surface area contributed by atoms with Crippen LogP contribution in [0.2, 0.25) is 0 Å². The van der Waals surface area contributed by atoms with E-state index in [0.29, 0.717) is 12.8 Å². The van der Waals surface area contributed by atoms with E-state index in [2.05, 4.69) is 4.74 Å². The number of halogens is 2. The van der Waals surface area contributed by atoms with E-state index in [1.54, 1.807) is 12.1 Å². The summed E-state index contributed by atoms with van der Waals surface area (Å²) in [6.07, 6.45) is -2.12. The van der Waals surface area contributed by atoms with Crippen LogP contribution in [0.3, 0.4) is 0 Å². The zero-order chi connectivity index (χ0) is 12.8. The lowest BCUT2D eigenvalue weighted by atomic mass is 10.1. The molecule has 0 saturated carbocycles. The number of Topliss-reactive ketones (excluding diaryl/α,β-unsaturated/α-hetero) is 1. The van der Waals surface area contributed by atoms with Crippen LogP contribution in [0.1, 0.15) is 18.9 Å². The summed E-state index contributed by atoms with van der Waals surface area (Å²) in [5, 5.41) is 0. The maximum absolute atomic E-state index is 11.9. The Hall–Kier alpha value is -1.78. The molecule has 1 rings (SSSR count). The van der Waals surface area contributed by atoms with Crippen molar-refractivity contribution in [1.82, 2.24) is 0 Å². The van der Waals surface area contributed by atoms with Crippen molar-refractivity contribution >= 4 is 11.8 Å². The van der Waals surface area contributed by atoms with Crippen molar-refractivity contribution in [2.24, 2.45) is 0 Å². The monoisotopic (exact) mass is 242 g/mol. The third-order valence-electron chi connectivity index (χ3n) is 2.09. The molecule has 17 heavy (non-hydrogen) atoms. The summed E-state index contributed by atoms with van der Waals surface area (Å²) in [5.41, 5.74) is 0.886. The van der Waals surface area contributed by atoms with E-state index in [0.717, 1.165) is 5.56 Å². The summed E-state index contributed by atoms with van der Waals surface area (Å²) < 4.78 is 28.2. The maximum Gasteiger partial charge on any atom is 0.379 e. The Labute approximate surface area is 97.4 Å². The van der Waals surface area contributed by atoms with Gasteiger partial charge in [0.2, 0.25) is 0 Å². The summed E-state index contributed by atoms with van der Waals surface area (Å²) in [6.45, 7) is 1.50. The van der Waals surface area contributed by atoms with Crippen LogP contribution in [0.4, 0.5) is 8.78 Å². The Morgan fingerprint density at radius 2 is 1.82 bits per heavy atom. The van der Waals surface area contributed by atoms with Gasteiger partial charge in [-0.3, -0.25) is 0 Å². The molecule has 0 aromatic heterocycles. The van der Waals surface area contributed by atoms with Crippen molar-refractivity contribution in [2.75, 3.05) is 0 Å². The standard InChI is InChI=1S/C12H12F2O3/c1-8(15)2-3-9-4-6-10(7-5-9)17-12(16)11(13)14/h4-7,11H,2-3H2,1H3. The molecule has 0 N–H and O–H groups in total. The molecule has 0 saturated heterocycles. The van der Waals surface area contributed by atoms with Crippen molar-refractivity contribution in [3.63, 3.8) is 0 Å². The minimum Gasteiger partial charge on any atom is -0.422 e. The average Bonchev–Trinajstić information content (AvgIpc) is 2.28. The van der Waals surface area contributed by atoms with Gasteiger partial charge in [-0.05, 0) is 31.0 Å². The number of alkyl halides is 2. The van der Waals surface area contributed by atoms with Crippen molar-refractivity contribution in [3.8, 4) is 5.75 Å². The fourth-order valence-corrected chi connectivity index (χ4v) is 1.21. The van der Waals surface area contributed by atoms with Crippen molar-refractivity contribution in [2.45, 2.75) is 26.2 Å². The molecule has 0 bridgehead atoms. The van der Waals surface area contributed by atoms with Crippen LogP contribution in [0.15, 0.2) is 24.3 Å². The highest BCUT2D eigenvalue weighted by molar-refractivity contribution is 5.76. The fourth-order valence-electron chi connectivity index (χ4n) is 1.21. The lowest BCUT2D eigenvalue weighted by Crippen LogP contribution is -2.17. The molecule has 0 aliphatic heterocycles. The SMILES string of the molecule is CC(=O)CCc1ccc(OC(=O)C(F)F)cc1. The minimum atomic E-state index is -3.13. The van der Waals surface area contributed by atoms with Crippen LogP contribution in [0.5, 0.6) is 5.75 Å². The van der Waals surface area contributed by atoms with E-state index in [1.807, 2.05) is 0 Å². The molecule has 0 unspecified atom stereocenters. The topological polar surface area (TPSA) is 43.4 Å². The second-order valence-corrected chi connectivity index (χ2v) is 3.57. The first-order valence-corrected chi connectivity index (χ1v) is 5.07. The first-order chi connectivity index (χ1) is 7.99. The van der Waals surface area contributed by atoms with Crippen molar-refractivity contribution in [1.29, 1.82) is 0 Å². The number of hydrogen-bond acceptors (Lipinski definition) is 3. The summed E-state index contributed by atoms with van der Waals surface area (Å²) in [5.74, 6) is -1.42. The van der Waals surface area contributed by atoms with E-state index in [-0.39, 0.29) is 11.5 Å². The van der Waals surface area contributed by atoms with Gasteiger partial charge in [0.25, 0.3) is 0 Å². The van der Waals surface area contributed by atoms with Gasteiger partial charge in [0.1, 0.15) is 11.5 Å². The summed E-state index contributed by atoms with van der Waals surface area (Å²) in [7, 11) is 0. The van der Waals surface area contributed by atoms with E-state index < -0.39 is 12.4 Å². The first kappa shape index (κ1) is 13.3. The number of aryl methyl sites for hydroxylation is 1. The average molecular weight is 242 g/mol. The Kier molecular flexibility index (Phi) is 4.75. The van der Waals surface area contributed by atoms with Crippen LogP contribution in [-0.2, 0) is 16.0 Å². The van der Waals surface area contributed by atoms with E-state index in [9.17, 15) is 18.4 Å². The fraction of sp³-hybridized carbons (Fsp3) is 0.333. The normalized spacial score (nSPS) is 10.4. The molecule has 0 aliphatic carbocycles. The van der Waals surface area contributed by atoms with E-state index >= 15 is 0 Å². The number of carbonyl (C=O) groups excluding carboxylic acids is 2. The molecule has 0 aliphatic rings. The molecule has 92 valence electrons. The highest BCUT2D eigenvalue weighted by atomic mass is 19.3. The quantitative estimate of drug-likeness (QED) is 0.588. The maximum atomic E-state index is 11.9. The van der Waals surface area contributed by atoms with Crippen LogP contribution >= 0.6 is 0 Å². The molecule has 0 spiro atoms. The molecular weight excluding hydrogens is 230 g/mol. The molecular formula is C12H12F2O3. The number of ether oxygens (including phenoxy) is 1. The van der Waals surface area contributed by atoms with Gasteiger partial charge in [-0.1, -0.05) is 12.1 Å². The summed E-state index contributed by atoms with van der Waals surface area (Å²) in [4.78, 5) is 21.3. The number of ketones is 1. The van der Waals surface area contributed by atoms with Gasteiger partial charge in [0.05, 0.1) is 0 Å². The van der Waals surface area contributed by atoms with Gasteiger partial charge in [0.15, 0.2) is 0 Å². The van der Waals surface area contributed by atoms with Gasteiger partial charge in [0, 0.05) is 6.42 Å². The minimum absolute atomic E-state index is 0.0712. The molecule has 5 heteroatoms. The van der Waals surface area contributed by atoms with Crippen LogP contribution in [0, 0.1) is 0 Å². The zero-order valence-electron chi connectivity index (χ0n) is 9.28.